The molecule has 2 heterocycles. The summed E-state index contributed by atoms with van der Waals surface area (Å²) < 4.78 is 6.95. The van der Waals surface area contributed by atoms with Gasteiger partial charge in [0, 0.05) is 24.7 Å². The lowest BCUT2D eigenvalue weighted by atomic mass is 9.94. The Morgan fingerprint density at radius 3 is 2.67 bits per heavy atom. The van der Waals surface area contributed by atoms with E-state index >= 15 is 0 Å². The molecular weight excluding hydrogens is 422 g/mol. The molecule has 1 aliphatic carbocycles. The summed E-state index contributed by atoms with van der Waals surface area (Å²) in [7, 11) is 1.57. The van der Waals surface area contributed by atoms with Crippen molar-refractivity contribution in [2.75, 3.05) is 13.7 Å². The van der Waals surface area contributed by atoms with E-state index in [0.29, 0.717) is 12.3 Å². The van der Waals surface area contributed by atoms with Gasteiger partial charge in [-0.1, -0.05) is 31.0 Å². The Balaban J connectivity index is 1.54. The zero-order chi connectivity index (χ0) is 23.6. The zero-order valence-electron chi connectivity index (χ0n) is 19.4. The van der Waals surface area contributed by atoms with Crippen molar-refractivity contribution in [1.29, 1.82) is 0 Å². The molecule has 1 atom stereocenters. The second-order valence-corrected chi connectivity index (χ2v) is 8.84. The lowest BCUT2D eigenvalue weighted by Gasteiger charge is -2.43. The first-order chi connectivity index (χ1) is 15.9. The standard InChI is InChI=1S/C24H31N5O4/c1-4-29-22(31)20-19(21(30)25-13-16-9-5-8-12-18(16)33-3)26-15-28(20)14-24(29,2)23(32)27-17-10-6-7-11-17/h5,8-9,12,15,17H,4,6-7,10-11,13-14H2,1-3H3,(H,25,30)(H,27,32)/t24-/m0/s1. The second-order valence-electron chi connectivity index (χ2n) is 8.84. The normalized spacial score (nSPS) is 20.5. The Morgan fingerprint density at radius 1 is 1.24 bits per heavy atom. The summed E-state index contributed by atoms with van der Waals surface area (Å²) in [6.45, 7) is 4.45. The molecule has 2 aliphatic rings. The number of imidazole rings is 1. The number of carbonyl (C=O) groups is 3. The molecule has 2 N–H and O–H groups in total. The van der Waals surface area contributed by atoms with E-state index in [0.717, 1.165) is 31.2 Å². The molecule has 0 radical (unpaired) electrons. The molecule has 1 fully saturated rings. The van der Waals surface area contributed by atoms with Crippen LogP contribution in [-0.4, -0.2) is 57.4 Å². The third-order valence-electron chi connectivity index (χ3n) is 6.70. The number of benzene rings is 1. The minimum atomic E-state index is -1.05. The Hall–Kier alpha value is -3.36. The fraction of sp³-hybridized carbons (Fsp3) is 0.500. The SMILES string of the molecule is CCN1C(=O)c2c(C(=O)NCc3ccccc3OC)ncn2C[C@@]1(C)C(=O)NC1CCCC1. The van der Waals surface area contributed by atoms with Gasteiger partial charge in [-0.05, 0) is 32.8 Å². The number of likely N-dealkylation sites (N-methyl/N-ethyl adjacent to an activating group) is 1. The summed E-state index contributed by atoms with van der Waals surface area (Å²) >= 11 is 0. The predicted molar refractivity (Wildman–Crippen MR) is 122 cm³/mol. The molecule has 1 aliphatic heterocycles. The van der Waals surface area contributed by atoms with Crippen molar-refractivity contribution in [1.82, 2.24) is 25.1 Å². The first kappa shape index (κ1) is 22.8. The first-order valence-corrected chi connectivity index (χ1v) is 11.5. The van der Waals surface area contributed by atoms with Crippen molar-refractivity contribution < 1.29 is 19.1 Å². The van der Waals surface area contributed by atoms with Gasteiger partial charge in [0.15, 0.2) is 5.69 Å². The van der Waals surface area contributed by atoms with Gasteiger partial charge in [-0.25, -0.2) is 4.98 Å². The molecule has 176 valence electrons. The number of rotatable bonds is 7. The molecule has 2 aromatic rings. The lowest BCUT2D eigenvalue weighted by molar-refractivity contribution is -0.133. The highest BCUT2D eigenvalue weighted by molar-refractivity contribution is 6.07. The van der Waals surface area contributed by atoms with Gasteiger partial charge in [0.1, 0.15) is 17.0 Å². The summed E-state index contributed by atoms with van der Waals surface area (Å²) in [4.78, 5) is 45.4. The van der Waals surface area contributed by atoms with Crippen LogP contribution in [0.4, 0.5) is 0 Å². The largest absolute Gasteiger partial charge is 0.496 e. The number of para-hydroxylation sites is 1. The Morgan fingerprint density at radius 2 is 1.97 bits per heavy atom. The number of amides is 3. The smallest absolute Gasteiger partial charge is 0.273 e. The summed E-state index contributed by atoms with van der Waals surface area (Å²) in [6, 6.07) is 7.56. The molecule has 1 saturated carbocycles. The number of fused-ring (bicyclic) bond motifs is 1. The van der Waals surface area contributed by atoms with Crippen LogP contribution in [0.5, 0.6) is 5.75 Å². The fourth-order valence-electron chi connectivity index (χ4n) is 4.87. The van der Waals surface area contributed by atoms with Crippen LogP contribution in [0.3, 0.4) is 0 Å². The highest BCUT2D eigenvalue weighted by atomic mass is 16.5. The van der Waals surface area contributed by atoms with Crippen LogP contribution in [0.1, 0.15) is 66.1 Å². The molecule has 1 aromatic heterocycles. The Bertz CT molecular complexity index is 1060. The van der Waals surface area contributed by atoms with E-state index in [1.54, 1.807) is 23.5 Å². The summed E-state index contributed by atoms with van der Waals surface area (Å²) in [5, 5.41) is 5.95. The van der Waals surface area contributed by atoms with E-state index in [9.17, 15) is 14.4 Å². The molecule has 9 heteroatoms. The highest BCUT2D eigenvalue weighted by Gasteiger charge is 2.48. The summed E-state index contributed by atoms with van der Waals surface area (Å²) in [5.41, 5.74) is 0.0407. The molecule has 0 bridgehead atoms. The van der Waals surface area contributed by atoms with Gasteiger partial charge in [-0.3, -0.25) is 14.4 Å². The van der Waals surface area contributed by atoms with Gasteiger partial charge in [-0.15, -0.1) is 0 Å². The monoisotopic (exact) mass is 453 g/mol. The molecule has 4 rings (SSSR count). The average Bonchev–Trinajstić information content (AvgIpc) is 3.47. The van der Waals surface area contributed by atoms with Crippen LogP contribution in [0.2, 0.25) is 0 Å². The molecule has 33 heavy (non-hydrogen) atoms. The van der Waals surface area contributed by atoms with Crippen molar-refractivity contribution in [3.8, 4) is 5.75 Å². The van der Waals surface area contributed by atoms with Gasteiger partial charge < -0.3 is 24.8 Å². The van der Waals surface area contributed by atoms with Crippen LogP contribution < -0.4 is 15.4 Å². The number of nitrogens with zero attached hydrogens (tertiary/aromatic N) is 3. The number of methoxy groups -OCH3 is 1. The number of carbonyl (C=O) groups excluding carboxylic acids is 3. The number of hydrogen-bond donors (Lipinski definition) is 2. The maximum Gasteiger partial charge on any atom is 0.273 e. The summed E-state index contributed by atoms with van der Waals surface area (Å²) in [6.07, 6.45) is 5.62. The molecule has 0 unspecified atom stereocenters. The van der Waals surface area contributed by atoms with E-state index in [1.165, 1.54) is 6.33 Å². The van der Waals surface area contributed by atoms with Gasteiger partial charge >= 0.3 is 0 Å². The van der Waals surface area contributed by atoms with Crippen LogP contribution in [0.25, 0.3) is 0 Å². The van der Waals surface area contributed by atoms with E-state index in [1.807, 2.05) is 31.2 Å². The fourth-order valence-corrected chi connectivity index (χ4v) is 4.87. The minimum Gasteiger partial charge on any atom is -0.496 e. The van der Waals surface area contributed by atoms with Gasteiger partial charge in [0.2, 0.25) is 5.91 Å². The second kappa shape index (κ2) is 9.25. The Kier molecular flexibility index (Phi) is 6.40. The zero-order valence-corrected chi connectivity index (χ0v) is 19.4. The predicted octanol–water partition coefficient (Wildman–Crippen LogP) is 2.11. The number of ether oxygens (including phenoxy) is 1. The van der Waals surface area contributed by atoms with Crippen LogP contribution in [0, 0.1) is 0 Å². The van der Waals surface area contributed by atoms with Gasteiger partial charge in [-0.2, -0.15) is 0 Å². The van der Waals surface area contributed by atoms with E-state index < -0.39 is 11.4 Å². The topological polar surface area (TPSA) is 106 Å². The van der Waals surface area contributed by atoms with Gasteiger partial charge in [0.25, 0.3) is 11.8 Å². The van der Waals surface area contributed by atoms with Crippen LogP contribution in [0.15, 0.2) is 30.6 Å². The first-order valence-electron chi connectivity index (χ1n) is 11.5. The van der Waals surface area contributed by atoms with E-state index in [4.69, 9.17) is 4.74 Å². The van der Waals surface area contributed by atoms with Crippen molar-refractivity contribution in [3.63, 3.8) is 0 Å². The molecule has 9 nitrogen and oxygen atoms in total. The van der Waals surface area contributed by atoms with Crippen LogP contribution >= 0.6 is 0 Å². The molecule has 3 amide bonds. The third-order valence-corrected chi connectivity index (χ3v) is 6.70. The number of nitrogens with one attached hydrogen (secondary N) is 2. The van der Waals surface area contributed by atoms with E-state index in [2.05, 4.69) is 15.6 Å². The minimum absolute atomic E-state index is 0.0617. The van der Waals surface area contributed by atoms with Crippen molar-refractivity contribution in [2.24, 2.45) is 0 Å². The molecule has 1 aromatic carbocycles. The molecular formula is C24H31N5O4. The van der Waals surface area contributed by atoms with Crippen LogP contribution in [-0.2, 0) is 17.9 Å². The number of aromatic nitrogens is 2. The molecule has 0 spiro atoms. The Labute approximate surface area is 193 Å². The molecule has 0 saturated heterocycles. The van der Waals surface area contributed by atoms with E-state index in [-0.39, 0.29) is 42.3 Å². The lowest BCUT2D eigenvalue weighted by Crippen LogP contribution is -2.64. The average molecular weight is 454 g/mol. The van der Waals surface area contributed by atoms with Gasteiger partial charge in [0.05, 0.1) is 20.0 Å². The highest BCUT2D eigenvalue weighted by Crippen LogP contribution is 2.30. The summed E-state index contributed by atoms with van der Waals surface area (Å²) in [5.74, 6) is -0.307. The van der Waals surface area contributed by atoms with Crippen molar-refractivity contribution >= 4 is 17.7 Å². The maximum absolute atomic E-state index is 13.5. The number of hydrogen-bond acceptors (Lipinski definition) is 5. The van der Waals surface area contributed by atoms with Crippen molar-refractivity contribution in [2.45, 2.75) is 64.2 Å². The van der Waals surface area contributed by atoms with Crippen molar-refractivity contribution in [3.05, 3.63) is 47.5 Å². The third kappa shape index (κ3) is 4.19. The quantitative estimate of drug-likeness (QED) is 0.668. The maximum atomic E-state index is 13.5.